The van der Waals surface area contributed by atoms with Crippen LogP contribution in [-0.2, 0) is 14.8 Å². The molecule has 0 aromatic heterocycles. The first-order valence-electron chi connectivity index (χ1n) is 7.67. The molecule has 0 aliphatic heterocycles. The van der Waals surface area contributed by atoms with Gasteiger partial charge < -0.3 is 4.74 Å². The molecule has 1 fully saturated rings. The number of aryl methyl sites for hydroxylation is 1. The molecule has 1 aromatic rings. The lowest BCUT2D eigenvalue weighted by Crippen LogP contribution is -2.39. The minimum atomic E-state index is -3.95. The van der Waals surface area contributed by atoms with Gasteiger partial charge in [0.2, 0.25) is 5.91 Å². The Balaban J connectivity index is 2.25. The number of hydrogen-bond donors (Lipinski definition) is 1. The summed E-state index contributed by atoms with van der Waals surface area (Å²) in [6, 6.07) is 2.86. The molecule has 0 bridgehead atoms. The number of rotatable bonds is 4. The number of sulfonamides is 1. The van der Waals surface area contributed by atoms with Gasteiger partial charge in [0.15, 0.2) is 0 Å². The van der Waals surface area contributed by atoms with Crippen molar-refractivity contribution in [3.8, 4) is 5.75 Å². The largest absolute Gasteiger partial charge is 0.495 e. The van der Waals surface area contributed by atoms with E-state index in [1.54, 1.807) is 13.0 Å². The van der Waals surface area contributed by atoms with Crippen molar-refractivity contribution in [3.05, 3.63) is 22.7 Å². The maximum Gasteiger partial charge on any atom is 0.264 e. The zero-order valence-electron chi connectivity index (χ0n) is 13.6. The second-order valence-electron chi connectivity index (χ2n) is 6.09. The molecule has 0 saturated heterocycles. The lowest BCUT2D eigenvalue weighted by Gasteiger charge is -2.27. The molecule has 0 radical (unpaired) electrons. The van der Waals surface area contributed by atoms with E-state index in [9.17, 15) is 13.2 Å². The quantitative estimate of drug-likeness (QED) is 0.895. The summed E-state index contributed by atoms with van der Waals surface area (Å²) < 4.78 is 32.3. The fourth-order valence-corrected chi connectivity index (χ4v) is 4.64. The van der Waals surface area contributed by atoms with Crippen LogP contribution in [0.3, 0.4) is 0 Å². The fourth-order valence-electron chi connectivity index (χ4n) is 3.05. The van der Waals surface area contributed by atoms with Crippen molar-refractivity contribution >= 4 is 27.5 Å². The van der Waals surface area contributed by atoms with Crippen LogP contribution in [-0.4, -0.2) is 21.4 Å². The average molecular weight is 360 g/mol. The molecule has 0 heterocycles. The predicted octanol–water partition coefficient (Wildman–Crippen LogP) is 3.29. The molecular weight excluding hydrogens is 338 g/mol. The summed E-state index contributed by atoms with van der Waals surface area (Å²) in [5, 5.41) is 0.192. The zero-order chi connectivity index (χ0) is 17.2. The van der Waals surface area contributed by atoms with Crippen LogP contribution < -0.4 is 9.46 Å². The van der Waals surface area contributed by atoms with E-state index in [1.165, 1.54) is 13.2 Å². The van der Waals surface area contributed by atoms with Crippen LogP contribution >= 0.6 is 11.6 Å². The highest BCUT2D eigenvalue weighted by Crippen LogP contribution is 2.32. The Morgan fingerprint density at radius 1 is 1.30 bits per heavy atom. The number of hydrogen-bond acceptors (Lipinski definition) is 4. The maximum atomic E-state index is 12.5. The minimum absolute atomic E-state index is 0.000104. The standard InChI is InChI=1S/C16H22ClNO4S/c1-10-6-4-5-7-12(10)16(19)18-23(20,21)15-9-13(17)14(22-3)8-11(15)2/h8-10,12H,4-7H2,1-3H3,(H,18,19). The van der Waals surface area contributed by atoms with Gasteiger partial charge in [-0.1, -0.05) is 31.4 Å². The van der Waals surface area contributed by atoms with Crippen molar-refractivity contribution in [1.29, 1.82) is 0 Å². The highest BCUT2D eigenvalue weighted by Gasteiger charge is 2.31. The van der Waals surface area contributed by atoms with Gasteiger partial charge >= 0.3 is 0 Å². The second-order valence-corrected chi connectivity index (χ2v) is 8.15. The van der Waals surface area contributed by atoms with Gasteiger partial charge in [-0.3, -0.25) is 4.79 Å². The average Bonchev–Trinajstić information content (AvgIpc) is 2.48. The Morgan fingerprint density at radius 2 is 1.96 bits per heavy atom. The molecular formula is C16H22ClNO4S. The van der Waals surface area contributed by atoms with Crippen LogP contribution in [0.1, 0.15) is 38.2 Å². The van der Waals surface area contributed by atoms with E-state index in [2.05, 4.69) is 4.72 Å². The van der Waals surface area contributed by atoms with Gasteiger partial charge in [0.1, 0.15) is 5.75 Å². The number of benzene rings is 1. The van der Waals surface area contributed by atoms with E-state index in [1.807, 2.05) is 6.92 Å². The Labute approximate surface area is 142 Å². The molecule has 1 aliphatic rings. The highest BCUT2D eigenvalue weighted by molar-refractivity contribution is 7.90. The van der Waals surface area contributed by atoms with Crippen molar-refractivity contribution in [2.24, 2.45) is 11.8 Å². The number of halogens is 1. The van der Waals surface area contributed by atoms with E-state index in [0.717, 1.165) is 25.7 Å². The summed E-state index contributed by atoms with van der Waals surface area (Å²) in [5.41, 5.74) is 0.475. The highest BCUT2D eigenvalue weighted by atomic mass is 35.5. The molecule has 0 spiro atoms. The summed E-state index contributed by atoms with van der Waals surface area (Å²) in [6.07, 6.45) is 3.72. The van der Waals surface area contributed by atoms with E-state index in [0.29, 0.717) is 11.3 Å². The molecule has 1 amide bonds. The van der Waals surface area contributed by atoms with Gasteiger partial charge in [0.05, 0.1) is 17.0 Å². The molecule has 7 heteroatoms. The summed E-state index contributed by atoms with van der Waals surface area (Å²) in [5.74, 6) is -0.0917. The molecule has 1 N–H and O–H groups in total. The van der Waals surface area contributed by atoms with Crippen molar-refractivity contribution < 1.29 is 17.9 Å². The topological polar surface area (TPSA) is 72.5 Å². The Bertz CT molecular complexity index is 702. The molecule has 128 valence electrons. The third kappa shape index (κ3) is 3.98. The first-order valence-corrected chi connectivity index (χ1v) is 9.53. The van der Waals surface area contributed by atoms with Crippen LogP contribution in [0.4, 0.5) is 0 Å². The van der Waals surface area contributed by atoms with Crippen molar-refractivity contribution in [1.82, 2.24) is 4.72 Å². The van der Waals surface area contributed by atoms with Crippen LogP contribution in [0.15, 0.2) is 17.0 Å². The summed E-state index contributed by atoms with van der Waals surface area (Å²) >= 11 is 6.01. The van der Waals surface area contributed by atoms with Gasteiger partial charge in [-0.2, -0.15) is 0 Å². The Morgan fingerprint density at radius 3 is 2.57 bits per heavy atom. The second kappa shape index (κ2) is 7.09. The van der Waals surface area contributed by atoms with Crippen LogP contribution in [0, 0.1) is 18.8 Å². The molecule has 5 nitrogen and oxygen atoms in total. The SMILES string of the molecule is COc1cc(C)c(S(=O)(=O)NC(=O)C2CCCCC2C)cc1Cl. The summed E-state index contributed by atoms with van der Waals surface area (Å²) in [7, 11) is -2.49. The minimum Gasteiger partial charge on any atom is -0.495 e. The zero-order valence-corrected chi connectivity index (χ0v) is 15.1. The van der Waals surface area contributed by atoms with E-state index >= 15 is 0 Å². The summed E-state index contributed by atoms with van der Waals surface area (Å²) in [4.78, 5) is 12.4. The predicted molar refractivity (Wildman–Crippen MR) is 89.2 cm³/mol. The number of methoxy groups -OCH3 is 1. The molecule has 2 rings (SSSR count). The Kier molecular flexibility index (Phi) is 5.57. The lowest BCUT2D eigenvalue weighted by molar-refractivity contribution is -0.125. The monoisotopic (exact) mass is 359 g/mol. The van der Waals surface area contributed by atoms with E-state index in [4.69, 9.17) is 16.3 Å². The molecule has 2 unspecified atom stereocenters. The van der Waals surface area contributed by atoms with Crippen LogP contribution in [0.2, 0.25) is 5.02 Å². The van der Waals surface area contributed by atoms with Crippen LogP contribution in [0.5, 0.6) is 5.75 Å². The van der Waals surface area contributed by atoms with Crippen molar-refractivity contribution in [2.45, 2.75) is 44.4 Å². The smallest absolute Gasteiger partial charge is 0.264 e. The Hall–Kier alpha value is -1.27. The first-order chi connectivity index (χ1) is 10.8. The maximum absolute atomic E-state index is 12.5. The lowest BCUT2D eigenvalue weighted by atomic mass is 9.80. The van der Waals surface area contributed by atoms with Crippen molar-refractivity contribution in [3.63, 3.8) is 0 Å². The van der Waals surface area contributed by atoms with Gasteiger partial charge in [-0.15, -0.1) is 0 Å². The molecule has 1 saturated carbocycles. The number of amides is 1. The normalized spacial score (nSPS) is 21.7. The van der Waals surface area contributed by atoms with E-state index in [-0.39, 0.29) is 21.8 Å². The first kappa shape index (κ1) is 18.1. The molecule has 23 heavy (non-hydrogen) atoms. The van der Waals surface area contributed by atoms with Crippen molar-refractivity contribution in [2.75, 3.05) is 7.11 Å². The number of nitrogens with one attached hydrogen (secondary N) is 1. The third-order valence-corrected chi connectivity index (χ3v) is 6.21. The number of carbonyl (C=O) groups is 1. The van der Waals surface area contributed by atoms with Crippen LogP contribution in [0.25, 0.3) is 0 Å². The van der Waals surface area contributed by atoms with Gasteiger partial charge in [-0.25, -0.2) is 13.1 Å². The molecule has 2 atom stereocenters. The van der Waals surface area contributed by atoms with Gasteiger partial charge in [0.25, 0.3) is 10.0 Å². The third-order valence-electron chi connectivity index (χ3n) is 4.42. The summed E-state index contributed by atoms with van der Waals surface area (Å²) in [6.45, 7) is 3.63. The fraction of sp³-hybridized carbons (Fsp3) is 0.562. The van der Waals surface area contributed by atoms with E-state index < -0.39 is 15.9 Å². The number of carbonyl (C=O) groups excluding carboxylic acids is 1. The molecule has 1 aromatic carbocycles. The van der Waals surface area contributed by atoms with Gasteiger partial charge in [0, 0.05) is 5.92 Å². The molecule has 1 aliphatic carbocycles. The number of ether oxygens (including phenoxy) is 1. The van der Waals surface area contributed by atoms with Gasteiger partial charge in [-0.05, 0) is 43.4 Å².